The van der Waals surface area contributed by atoms with Gasteiger partial charge in [-0.2, -0.15) is 0 Å². The van der Waals surface area contributed by atoms with Crippen LogP contribution in [0.3, 0.4) is 0 Å². The predicted molar refractivity (Wildman–Crippen MR) is 52.7 cm³/mol. The molecule has 0 aliphatic rings. The van der Waals surface area contributed by atoms with Crippen LogP contribution in [0.15, 0.2) is 30.3 Å². The van der Waals surface area contributed by atoms with E-state index in [0.717, 1.165) is 41.5 Å². The summed E-state index contributed by atoms with van der Waals surface area (Å²) in [5.74, 6) is 0.553. The molecule has 3 heteroatoms. The Morgan fingerprint density at radius 2 is 1.69 bits per heavy atom. The Morgan fingerprint density at radius 1 is 0.923 bits per heavy atom. The molecule has 0 aromatic heterocycles. The summed E-state index contributed by atoms with van der Waals surface area (Å²) in [7, 11) is 0. The SMILES string of the molecule is Oc1ccc2c[c]([Na])c(O)cc2c1. The third kappa shape index (κ3) is 1.66. The van der Waals surface area contributed by atoms with E-state index in [4.69, 9.17) is 0 Å². The van der Waals surface area contributed by atoms with Crippen LogP contribution in [0.5, 0.6) is 11.5 Å². The Morgan fingerprint density at radius 3 is 2.46 bits per heavy atom. The molecule has 0 unspecified atom stereocenters. The van der Waals surface area contributed by atoms with Crippen molar-refractivity contribution in [3.05, 3.63) is 30.3 Å². The Labute approximate surface area is 93.2 Å². The van der Waals surface area contributed by atoms with Gasteiger partial charge in [0.2, 0.25) is 0 Å². The van der Waals surface area contributed by atoms with E-state index in [-0.39, 0.29) is 5.75 Å². The summed E-state index contributed by atoms with van der Waals surface area (Å²) in [6.45, 7) is 0. The van der Waals surface area contributed by atoms with Crippen LogP contribution in [-0.4, -0.2) is 38.1 Å². The van der Waals surface area contributed by atoms with Crippen molar-refractivity contribution in [2.24, 2.45) is 0 Å². The molecule has 0 fully saturated rings. The molecule has 0 heterocycles. The number of hydrogen-bond donors (Lipinski definition) is 2. The van der Waals surface area contributed by atoms with Gasteiger partial charge in [-0.15, -0.1) is 0 Å². The Bertz CT molecular complexity index is 466. The summed E-state index contributed by atoms with van der Waals surface area (Å²) < 4.78 is 0.984. The molecule has 2 N–H and O–H groups in total. The molecule has 2 rings (SSSR count). The summed E-state index contributed by atoms with van der Waals surface area (Å²) in [5, 5.41) is 20.6. The van der Waals surface area contributed by atoms with Gasteiger partial charge in [0.15, 0.2) is 0 Å². The molecule has 0 aliphatic heterocycles. The first kappa shape index (κ1) is 8.88. The van der Waals surface area contributed by atoms with Crippen LogP contribution in [0, 0.1) is 0 Å². The molecule has 0 bridgehead atoms. The van der Waals surface area contributed by atoms with Gasteiger partial charge in [-0.25, -0.2) is 0 Å². The fourth-order valence-corrected chi connectivity index (χ4v) is 1.84. The van der Waals surface area contributed by atoms with Crippen molar-refractivity contribution in [1.29, 1.82) is 0 Å². The number of hydrogen-bond acceptors (Lipinski definition) is 2. The van der Waals surface area contributed by atoms with Crippen LogP contribution < -0.4 is 2.81 Å². The predicted octanol–water partition coefficient (Wildman–Crippen LogP) is 1.04. The van der Waals surface area contributed by atoms with E-state index in [1.165, 1.54) is 0 Å². The zero-order chi connectivity index (χ0) is 9.42. The summed E-state index contributed by atoms with van der Waals surface area (Å²) >= 11 is 0.831. The molecule has 60 valence electrons. The molecule has 0 aliphatic carbocycles. The average molecular weight is 182 g/mol. The number of fused-ring (bicyclic) bond motifs is 1. The van der Waals surface area contributed by atoms with Crippen molar-refractivity contribution in [1.82, 2.24) is 0 Å². The van der Waals surface area contributed by atoms with Crippen molar-refractivity contribution < 1.29 is 10.2 Å². The Kier molecular flexibility index (Phi) is 2.20. The third-order valence-corrected chi connectivity index (χ3v) is 2.94. The van der Waals surface area contributed by atoms with E-state index in [1.807, 2.05) is 12.1 Å². The monoisotopic (exact) mass is 182 g/mol. The van der Waals surface area contributed by atoms with Crippen LogP contribution in [0.2, 0.25) is 0 Å². The second-order valence-corrected chi connectivity index (χ2v) is 4.25. The summed E-state index contributed by atoms with van der Waals surface area (Å²) in [4.78, 5) is 0. The molecule has 2 aromatic carbocycles. The number of phenols is 2. The molecule has 2 nitrogen and oxygen atoms in total. The standard InChI is InChI=1S/C10H7O2.Na/c11-9-3-1-7-2-4-10(12)6-8(7)5-9;/h1-3,5-6,11-12H;. The minimum atomic E-state index is 0.230. The van der Waals surface area contributed by atoms with Gasteiger partial charge in [-0.3, -0.25) is 0 Å². The van der Waals surface area contributed by atoms with Gasteiger partial charge in [0.1, 0.15) is 0 Å². The van der Waals surface area contributed by atoms with Crippen LogP contribution in [0.4, 0.5) is 0 Å². The maximum atomic E-state index is 9.46. The molecular formula is C10H7NaO2. The fourth-order valence-electron chi connectivity index (χ4n) is 1.39. The van der Waals surface area contributed by atoms with E-state index in [2.05, 4.69) is 0 Å². The van der Waals surface area contributed by atoms with Crippen LogP contribution in [-0.2, 0) is 0 Å². The van der Waals surface area contributed by atoms with E-state index >= 15 is 0 Å². The van der Waals surface area contributed by atoms with Crippen molar-refractivity contribution in [2.45, 2.75) is 0 Å². The number of rotatable bonds is 0. The summed E-state index contributed by atoms with van der Waals surface area (Å²) in [6, 6.07) is 8.80. The Balaban J connectivity index is 2.81. The zero-order valence-corrected chi connectivity index (χ0v) is 9.28. The first-order valence-corrected chi connectivity index (χ1v) is 5.09. The molecule has 0 saturated carbocycles. The minimum absolute atomic E-state index is 0.230. The molecule has 2 aromatic rings. The first-order valence-electron chi connectivity index (χ1n) is 4.09. The van der Waals surface area contributed by atoms with Gasteiger partial charge in [-0.1, -0.05) is 0 Å². The number of phenolic OH excluding ortho intramolecular Hbond substituents is 2. The van der Waals surface area contributed by atoms with Gasteiger partial charge in [0, 0.05) is 0 Å². The van der Waals surface area contributed by atoms with Crippen LogP contribution in [0.1, 0.15) is 0 Å². The summed E-state index contributed by atoms with van der Waals surface area (Å²) in [6.07, 6.45) is 0. The van der Waals surface area contributed by atoms with Crippen molar-refractivity contribution in [3.8, 4) is 11.5 Å². The van der Waals surface area contributed by atoms with E-state index in [9.17, 15) is 10.2 Å². The quantitative estimate of drug-likeness (QED) is 0.598. The molecular weight excluding hydrogens is 175 g/mol. The normalized spacial score (nSPS) is 10.6. The van der Waals surface area contributed by atoms with Gasteiger partial charge in [0.05, 0.1) is 0 Å². The summed E-state index contributed by atoms with van der Waals surface area (Å²) in [5.41, 5.74) is 0. The van der Waals surface area contributed by atoms with Gasteiger partial charge in [-0.05, 0) is 0 Å². The van der Waals surface area contributed by atoms with Gasteiger partial charge >= 0.3 is 93.6 Å². The van der Waals surface area contributed by atoms with Crippen molar-refractivity contribution in [2.75, 3.05) is 0 Å². The van der Waals surface area contributed by atoms with Crippen LogP contribution >= 0.6 is 0 Å². The van der Waals surface area contributed by atoms with Gasteiger partial charge < -0.3 is 0 Å². The Hall–Kier alpha value is -0.700. The topological polar surface area (TPSA) is 40.5 Å². The number of benzene rings is 2. The molecule has 0 saturated heterocycles. The van der Waals surface area contributed by atoms with Crippen molar-refractivity contribution >= 4 is 41.5 Å². The molecule has 0 atom stereocenters. The average Bonchev–Trinajstić information content (AvgIpc) is 2.08. The van der Waals surface area contributed by atoms with Gasteiger partial charge in [0.25, 0.3) is 0 Å². The second-order valence-electron chi connectivity index (χ2n) is 3.17. The van der Waals surface area contributed by atoms with E-state index in [0.29, 0.717) is 5.75 Å². The number of aromatic hydroxyl groups is 2. The third-order valence-electron chi connectivity index (χ3n) is 2.14. The fraction of sp³-hybridized carbons (Fsp3) is 0. The van der Waals surface area contributed by atoms with E-state index in [1.54, 1.807) is 18.2 Å². The second kappa shape index (κ2) is 3.22. The molecule has 0 radical (unpaired) electrons. The van der Waals surface area contributed by atoms with Crippen LogP contribution in [0.25, 0.3) is 10.8 Å². The maximum absolute atomic E-state index is 9.46. The molecule has 0 spiro atoms. The van der Waals surface area contributed by atoms with E-state index < -0.39 is 0 Å². The molecule has 13 heavy (non-hydrogen) atoms. The first-order chi connectivity index (χ1) is 6.16. The zero-order valence-electron chi connectivity index (χ0n) is 7.28. The molecule has 0 amide bonds. The van der Waals surface area contributed by atoms with Crippen molar-refractivity contribution in [3.63, 3.8) is 0 Å².